The molecule has 6 rings (SSSR count). The number of methoxy groups -OCH3 is 1. The summed E-state index contributed by atoms with van der Waals surface area (Å²) in [5.41, 5.74) is 4.08. The van der Waals surface area contributed by atoms with Crippen LogP contribution in [0.15, 0.2) is 94.5 Å². The van der Waals surface area contributed by atoms with Crippen molar-refractivity contribution in [1.82, 2.24) is 0 Å². The summed E-state index contributed by atoms with van der Waals surface area (Å²) in [6.07, 6.45) is 18.3. The van der Waals surface area contributed by atoms with E-state index in [0.29, 0.717) is 45.9 Å². The van der Waals surface area contributed by atoms with E-state index in [1.54, 1.807) is 49.6 Å². The first-order valence-corrected chi connectivity index (χ1v) is 17.7. The Kier molecular flexibility index (Phi) is 10.2. The number of hydrogen-bond donors (Lipinski definition) is 1. The average molecular weight is 699 g/mol. The second kappa shape index (κ2) is 14.6. The van der Waals surface area contributed by atoms with Crippen LogP contribution in [0.25, 0.3) is 29.2 Å². The maximum Gasteiger partial charge on any atom is 0.228 e. The van der Waals surface area contributed by atoms with E-state index < -0.39 is 17.0 Å². The van der Waals surface area contributed by atoms with Gasteiger partial charge in [0.05, 0.1) is 18.2 Å². The lowest BCUT2D eigenvalue weighted by molar-refractivity contribution is 0.0996. The van der Waals surface area contributed by atoms with Crippen LogP contribution in [0.3, 0.4) is 0 Å². The van der Waals surface area contributed by atoms with Crippen LogP contribution in [0.2, 0.25) is 0 Å². The lowest BCUT2D eigenvalue weighted by Crippen LogP contribution is -2.35. The van der Waals surface area contributed by atoms with E-state index >= 15 is 0 Å². The Hall–Kier alpha value is -5.56. The fourth-order valence-electron chi connectivity index (χ4n) is 6.52. The summed E-state index contributed by atoms with van der Waals surface area (Å²) in [7, 11) is 1.57. The molecule has 0 spiro atoms. The smallest absolute Gasteiger partial charge is 0.228 e. The molecule has 0 radical (unpaired) electrons. The highest BCUT2D eigenvalue weighted by Crippen LogP contribution is 2.51. The molecule has 268 valence electrons. The van der Waals surface area contributed by atoms with E-state index in [-0.39, 0.29) is 22.9 Å². The van der Waals surface area contributed by atoms with Gasteiger partial charge in [-0.1, -0.05) is 35.4 Å². The number of benzene rings is 3. The number of phenols is 1. The van der Waals surface area contributed by atoms with E-state index in [2.05, 4.69) is 39.8 Å². The Morgan fingerprint density at radius 2 is 1.42 bits per heavy atom. The molecule has 3 heterocycles. The number of furan rings is 1. The fourth-order valence-corrected chi connectivity index (χ4v) is 6.52. The first-order valence-electron chi connectivity index (χ1n) is 17.7. The monoisotopic (exact) mass is 698 g/mol. The molecule has 2 unspecified atom stereocenters. The third-order valence-corrected chi connectivity index (χ3v) is 9.50. The number of phenolic OH excluding ortho intramolecular Hbond substituents is 1. The maximum absolute atomic E-state index is 14.1. The van der Waals surface area contributed by atoms with Crippen LogP contribution < -0.4 is 14.2 Å². The molecule has 2 aliphatic rings. The zero-order chi connectivity index (χ0) is 37.2. The molecular weight excluding hydrogens is 652 g/mol. The molecule has 7 nitrogen and oxygen atoms in total. The average Bonchev–Trinajstić information content (AvgIpc) is 3.53. The van der Waals surface area contributed by atoms with Crippen LogP contribution in [0.4, 0.5) is 0 Å². The summed E-state index contributed by atoms with van der Waals surface area (Å²) in [6, 6.07) is 14.0. The standard InChI is InChI=1S/C45H46O7/c1-28(2)10-8-22-44(5)24-20-34-41(48)39(43-35(42(34)51-44)21-25-45(6,52-43)23-9-11-29(3)4)36(46)18-12-30-13-19-37-32(26-30)27-38(50-37)40(47)31-14-16-33(49-7)17-15-31/h10-21,24-27,48H,8-9,22-23H2,1-7H3/b18-12+. The summed E-state index contributed by atoms with van der Waals surface area (Å²) in [4.78, 5) is 27.2. The van der Waals surface area contributed by atoms with Crippen LogP contribution >= 0.6 is 0 Å². The number of aromatic hydroxyl groups is 1. The topological polar surface area (TPSA) is 95.2 Å². The van der Waals surface area contributed by atoms with Gasteiger partial charge in [0.15, 0.2) is 11.5 Å². The highest BCUT2D eigenvalue weighted by atomic mass is 16.5. The summed E-state index contributed by atoms with van der Waals surface area (Å²) in [5.74, 6) is 0.846. The van der Waals surface area contributed by atoms with Crippen LogP contribution in [0.1, 0.15) is 110 Å². The van der Waals surface area contributed by atoms with Crippen molar-refractivity contribution < 1.29 is 33.3 Å². The zero-order valence-electron chi connectivity index (χ0n) is 31.0. The number of rotatable bonds is 12. The van der Waals surface area contributed by atoms with Gasteiger partial charge in [-0.05, 0) is 146 Å². The Morgan fingerprint density at radius 1 is 0.808 bits per heavy atom. The molecule has 3 aromatic carbocycles. The van der Waals surface area contributed by atoms with Gasteiger partial charge in [-0.25, -0.2) is 0 Å². The molecule has 0 fully saturated rings. The Labute approximate surface area is 305 Å². The van der Waals surface area contributed by atoms with Crippen LogP contribution in [-0.2, 0) is 0 Å². The molecule has 0 saturated heterocycles. The van der Waals surface area contributed by atoms with Crippen LogP contribution in [0.5, 0.6) is 23.0 Å². The van der Waals surface area contributed by atoms with Gasteiger partial charge >= 0.3 is 0 Å². The number of fused-ring (bicyclic) bond motifs is 4. The van der Waals surface area contributed by atoms with Crippen molar-refractivity contribution in [3.63, 3.8) is 0 Å². The van der Waals surface area contributed by atoms with Gasteiger partial charge in [0.2, 0.25) is 5.78 Å². The van der Waals surface area contributed by atoms with Crippen molar-refractivity contribution in [3.05, 3.63) is 124 Å². The summed E-state index contributed by atoms with van der Waals surface area (Å²) < 4.78 is 24.4. The molecule has 52 heavy (non-hydrogen) atoms. The van der Waals surface area contributed by atoms with E-state index in [1.807, 2.05) is 50.3 Å². The van der Waals surface area contributed by atoms with Gasteiger partial charge in [-0.2, -0.15) is 0 Å². The van der Waals surface area contributed by atoms with E-state index in [9.17, 15) is 14.7 Å². The van der Waals surface area contributed by atoms with Crippen molar-refractivity contribution in [1.29, 1.82) is 0 Å². The lowest BCUT2D eigenvalue weighted by atomic mass is 9.87. The van der Waals surface area contributed by atoms with Gasteiger partial charge < -0.3 is 23.7 Å². The number of allylic oxidation sites excluding steroid dienone is 5. The number of ketones is 2. The minimum atomic E-state index is -0.705. The van der Waals surface area contributed by atoms with Gasteiger partial charge in [0.1, 0.15) is 45.3 Å². The molecule has 0 aliphatic carbocycles. The van der Waals surface area contributed by atoms with Gasteiger partial charge in [-0.15, -0.1) is 0 Å². The molecule has 2 atom stereocenters. The minimum absolute atomic E-state index is 0.0842. The Balaban J connectivity index is 1.32. The predicted molar refractivity (Wildman–Crippen MR) is 208 cm³/mol. The fraction of sp³-hybridized carbons (Fsp3) is 0.289. The second-order valence-corrected chi connectivity index (χ2v) is 14.5. The molecule has 0 amide bonds. The quantitative estimate of drug-likeness (QED) is 0.0894. The van der Waals surface area contributed by atoms with Crippen molar-refractivity contribution in [2.24, 2.45) is 0 Å². The number of carbonyl (C=O) groups is 2. The Morgan fingerprint density at radius 3 is 2.04 bits per heavy atom. The molecule has 0 saturated carbocycles. The SMILES string of the molecule is COc1ccc(C(=O)c2cc3cc(/C=C/C(=O)c4c(O)c5c(c6c4OC(C)(CCC=C(C)C)C=C6)OC(C)(CCC=C(C)C)C=C5)ccc3o2)cc1. The van der Waals surface area contributed by atoms with Crippen LogP contribution in [-0.4, -0.2) is 35.0 Å². The van der Waals surface area contributed by atoms with E-state index in [4.69, 9.17) is 18.6 Å². The summed E-state index contributed by atoms with van der Waals surface area (Å²) in [5, 5.41) is 12.5. The summed E-state index contributed by atoms with van der Waals surface area (Å²) >= 11 is 0. The van der Waals surface area contributed by atoms with Crippen molar-refractivity contribution in [2.45, 2.75) is 78.4 Å². The summed E-state index contributed by atoms with van der Waals surface area (Å²) in [6.45, 7) is 12.3. The molecule has 7 heteroatoms. The first-order chi connectivity index (χ1) is 24.8. The Bertz CT molecular complexity index is 2180. The van der Waals surface area contributed by atoms with E-state index in [1.165, 1.54) is 17.2 Å². The third kappa shape index (κ3) is 7.69. The molecule has 1 N–H and O–H groups in total. The molecule has 0 bridgehead atoms. The van der Waals surface area contributed by atoms with Crippen LogP contribution in [0, 0.1) is 0 Å². The largest absolute Gasteiger partial charge is 0.506 e. The number of carbonyl (C=O) groups excluding carboxylic acids is 2. The zero-order valence-corrected chi connectivity index (χ0v) is 31.0. The molecule has 4 aromatic rings. The van der Waals surface area contributed by atoms with Crippen molar-refractivity contribution >= 4 is 40.8 Å². The lowest BCUT2D eigenvalue weighted by Gasteiger charge is -2.37. The van der Waals surface area contributed by atoms with Crippen molar-refractivity contribution in [3.8, 4) is 23.0 Å². The highest BCUT2D eigenvalue weighted by Gasteiger charge is 2.38. The predicted octanol–water partition coefficient (Wildman–Crippen LogP) is 11.1. The maximum atomic E-state index is 14.1. The van der Waals surface area contributed by atoms with Crippen molar-refractivity contribution in [2.75, 3.05) is 7.11 Å². The molecule has 2 aliphatic heterocycles. The highest BCUT2D eigenvalue weighted by molar-refractivity contribution is 6.13. The van der Waals surface area contributed by atoms with E-state index in [0.717, 1.165) is 30.2 Å². The molecular formula is C45H46O7. The van der Waals surface area contributed by atoms with Gasteiger partial charge in [0.25, 0.3) is 0 Å². The number of hydrogen-bond acceptors (Lipinski definition) is 7. The minimum Gasteiger partial charge on any atom is -0.506 e. The van der Waals surface area contributed by atoms with Gasteiger partial charge in [-0.3, -0.25) is 9.59 Å². The molecule has 1 aromatic heterocycles. The first kappa shape index (κ1) is 36.2. The second-order valence-electron chi connectivity index (χ2n) is 14.5. The van der Waals surface area contributed by atoms with Gasteiger partial charge in [0, 0.05) is 10.9 Å². The normalized spacial score (nSPS) is 18.7. The third-order valence-electron chi connectivity index (χ3n) is 9.50. The number of ether oxygens (including phenoxy) is 3.